The van der Waals surface area contributed by atoms with Gasteiger partial charge in [-0.15, -0.1) is 0 Å². The van der Waals surface area contributed by atoms with Crippen LogP contribution in [0.25, 0.3) is 12.2 Å². The third-order valence-electron chi connectivity index (χ3n) is 9.81. The van der Waals surface area contributed by atoms with Gasteiger partial charge in [-0.2, -0.15) is 0 Å². The SMILES string of the molecule is COc1cc(/C=C/C(=O)CC(=O)/C=C/c2ccc(OC(=O)CCCC(=O)OC[C@H]3O[C@H](O)[C@H](O)[C@@H](O)[C@H]3O)c(OC)c2)ccc1OC(=O)CCCC(=O)OC[C@H]1O[C@H](O)[C@H](O)[C@@H](O)[C@H]1O. The van der Waals surface area contributed by atoms with Crippen LogP contribution in [-0.4, -0.2) is 165 Å². The lowest BCUT2D eigenvalue weighted by molar-refractivity contribution is -0.287. The Kier molecular flexibility index (Phi) is 20.1. The van der Waals surface area contributed by atoms with Gasteiger partial charge in [0.05, 0.1) is 20.6 Å². The molecule has 22 nitrogen and oxygen atoms in total. The van der Waals surface area contributed by atoms with Gasteiger partial charge in [0.2, 0.25) is 0 Å². The summed E-state index contributed by atoms with van der Waals surface area (Å²) in [5.41, 5.74) is 0.957. The van der Waals surface area contributed by atoms with E-state index in [2.05, 4.69) is 0 Å². The number of esters is 4. The van der Waals surface area contributed by atoms with Crippen LogP contribution in [0.3, 0.4) is 0 Å². The number of carbonyl (C=O) groups excluding carboxylic acids is 6. The molecule has 4 rings (SSSR count). The minimum atomic E-state index is -1.78. The van der Waals surface area contributed by atoms with E-state index in [-0.39, 0.29) is 61.5 Å². The Morgan fingerprint density at radius 2 is 0.877 bits per heavy atom. The second-order valence-electron chi connectivity index (χ2n) is 14.7. The van der Waals surface area contributed by atoms with Gasteiger partial charge in [0.15, 0.2) is 47.1 Å². The zero-order valence-corrected chi connectivity index (χ0v) is 35.2. The Balaban J connectivity index is 1.16. The van der Waals surface area contributed by atoms with E-state index in [0.717, 1.165) is 0 Å². The molecule has 0 amide bonds. The maximum Gasteiger partial charge on any atom is 0.311 e. The van der Waals surface area contributed by atoms with E-state index in [9.17, 15) is 69.6 Å². The van der Waals surface area contributed by atoms with Crippen LogP contribution in [0.1, 0.15) is 56.1 Å². The lowest BCUT2D eigenvalue weighted by Crippen LogP contribution is -2.58. The van der Waals surface area contributed by atoms with Gasteiger partial charge in [-0.3, -0.25) is 28.8 Å². The first kappa shape index (κ1) is 52.0. The average molecular weight is 921 g/mol. The average Bonchev–Trinajstić information content (AvgIpc) is 3.28. The normalized spacial score (nSPS) is 25.4. The van der Waals surface area contributed by atoms with E-state index in [4.69, 9.17) is 37.9 Å². The number of carbonyl (C=O) groups is 6. The number of hydrogen-bond donors (Lipinski definition) is 8. The van der Waals surface area contributed by atoms with E-state index in [0.29, 0.717) is 11.1 Å². The third kappa shape index (κ3) is 15.8. The summed E-state index contributed by atoms with van der Waals surface area (Å²) < 4.78 is 41.2. The molecular weight excluding hydrogens is 868 g/mol. The first-order valence-corrected chi connectivity index (χ1v) is 20.2. The first-order valence-electron chi connectivity index (χ1n) is 20.2. The predicted molar refractivity (Wildman–Crippen MR) is 217 cm³/mol. The minimum Gasteiger partial charge on any atom is -0.493 e. The number of rotatable bonds is 22. The summed E-state index contributed by atoms with van der Waals surface area (Å²) in [6.45, 7) is -1.03. The molecule has 0 spiro atoms. The first-order chi connectivity index (χ1) is 30.9. The predicted octanol–water partition coefficient (Wildman–Crippen LogP) is -1.20. The fourth-order valence-electron chi connectivity index (χ4n) is 6.15. The molecule has 2 saturated heterocycles. The fraction of sp³-hybridized carbons (Fsp3) is 0.488. The topological polar surface area (TPSA) is 338 Å². The van der Waals surface area contributed by atoms with Crippen LogP contribution in [-0.2, 0) is 47.7 Å². The Morgan fingerprint density at radius 1 is 0.508 bits per heavy atom. The molecule has 8 N–H and O–H groups in total. The number of methoxy groups -OCH3 is 2. The minimum absolute atomic E-state index is 0.0304. The van der Waals surface area contributed by atoms with Gasteiger partial charge in [-0.05, 0) is 60.4 Å². The molecule has 2 aliphatic heterocycles. The molecule has 2 aromatic carbocycles. The van der Waals surface area contributed by atoms with Gasteiger partial charge < -0.3 is 78.7 Å². The van der Waals surface area contributed by atoms with E-state index < -0.39 is 116 Å². The second-order valence-corrected chi connectivity index (χ2v) is 14.7. The molecule has 0 aromatic heterocycles. The van der Waals surface area contributed by atoms with Crippen LogP contribution in [0.4, 0.5) is 0 Å². The van der Waals surface area contributed by atoms with Crippen molar-refractivity contribution in [1.29, 1.82) is 0 Å². The number of hydrogen-bond acceptors (Lipinski definition) is 22. The molecule has 2 heterocycles. The number of benzene rings is 2. The summed E-state index contributed by atoms with van der Waals surface area (Å²) in [5, 5.41) is 77.6. The molecule has 356 valence electrons. The number of allylic oxidation sites excluding steroid dienone is 2. The van der Waals surface area contributed by atoms with Crippen LogP contribution < -0.4 is 18.9 Å². The number of ketones is 2. The number of ether oxygens (including phenoxy) is 8. The van der Waals surface area contributed by atoms with Crippen molar-refractivity contribution in [3.05, 3.63) is 59.7 Å². The van der Waals surface area contributed by atoms with Crippen molar-refractivity contribution < 1.29 is 108 Å². The molecule has 0 saturated carbocycles. The van der Waals surface area contributed by atoms with Crippen molar-refractivity contribution in [1.82, 2.24) is 0 Å². The summed E-state index contributed by atoms with van der Waals surface area (Å²) in [6.07, 6.45) is -12.2. The Morgan fingerprint density at radius 3 is 1.25 bits per heavy atom. The molecule has 0 bridgehead atoms. The summed E-state index contributed by atoms with van der Waals surface area (Å²) in [5.74, 6) is -3.51. The third-order valence-corrected chi connectivity index (χ3v) is 9.81. The van der Waals surface area contributed by atoms with E-state index in [1.165, 1.54) is 74.9 Å². The molecule has 65 heavy (non-hydrogen) atoms. The monoisotopic (exact) mass is 920 g/mol. The van der Waals surface area contributed by atoms with Gasteiger partial charge in [-0.1, -0.05) is 24.3 Å². The molecule has 10 atom stereocenters. The molecule has 0 unspecified atom stereocenters. The zero-order chi connectivity index (χ0) is 47.8. The van der Waals surface area contributed by atoms with E-state index >= 15 is 0 Å². The molecule has 2 aromatic rings. The highest BCUT2D eigenvalue weighted by atomic mass is 16.7. The van der Waals surface area contributed by atoms with Crippen molar-refractivity contribution in [3.63, 3.8) is 0 Å². The highest BCUT2D eigenvalue weighted by Crippen LogP contribution is 2.31. The molecule has 0 radical (unpaired) electrons. The van der Waals surface area contributed by atoms with Crippen molar-refractivity contribution >= 4 is 47.6 Å². The van der Waals surface area contributed by atoms with Crippen LogP contribution >= 0.6 is 0 Å². The van der Waals surface area contributed by atoms with Crippen LogP contribution in [0, 0.1) is 0 Å². The highest BCUT2D eigenvalue weighted by Gasteiger charge is 2.44. The van der Waals surface area contributed by atoms with Crippen LogP contribution in [0.5, 0.6) is 23.0 Å². The quantitative estimate of drug-likeness (QED) is 0.0297. The maximum atomic E-state index is 12.6. The molecule has 22 heteroatoms. The standard InChI is InChI=1S/C43H52O22/c1-58-28-17-22(11-15-26(28)62-34(48)7-3-5-32(46)60-20-30-36(50)38(52)40(54)42(56)64-30)9-13-24(44)19-25(45)14-10-23-12-16-27(29(18-23)59-2)63-35(49)8-4-6-33(47)61-21-31-37(51)39(53)41(55)43(57)65-31/h9-18,30-31,36-43,50-57H,3-8,19-21H2,1-2H3/b13-9+,14-10+/t30-,31-,36+,37+,38+,39+,40-,41-,42+,43+/m1/s1. The van der Waals surface area contributed by atoms with Gasteiger partial charge in [-0.25, -0.2) is 0 Å². The molecule has 2 aliphatic rings. The van der Waals surface area contributed by atoms with Gasteiger partial charge in [0, 0.05) is 25.7 Å². The lowest BCUT2D eigenvalue weighted by Gasteiger charge is -2.37. The highest BCUT2D eigenvalue weighted by molar-refractivity contribution is 6.11. The summed E-state index contributed by atoms with van der Waals surface area (Å²) in [4.78, 5) is 74.3. The Hall–Kier alpha value is -5.66. The van der Waals surface area contributed by atoms with Crippen LogP contribution in [0.15, 0.2) is 48.6 Å². The van der Waals surface area contributed by atoms with E-state index in [1.807, 2.05) is 0 Å². The van der Waals surface area contributed by atoms with Crippen molar-refractivity contribution in [3.8, 4) is 23.0 Å². The lowest BCUT2D eigenvalue weighted by atomic mass is 9.99. The molecule has 0 aliphatic carbocycles. The largest absolute Gasteiger partial charge is 0.493 e. The maximum absolute atomic E-state index is 12.6. The fourth-order valence-corrected chi connectivity index (χ4v) is 6.15. The summed E-state index contributed by atoms with van der Waals surface area (Å²) >= 11 is 0. The Bertz CT molecular complexity index is 1890. The zero-order valence-electron chi connectivity index (χ0n) is 35.2. The Labute approximate surface area is 371 Å². The van der Waals surface area contributed by atoms with Crippen LogP contribution in [0.2, 0.25) is 0 Å². The smallest absolute Gasteiger partial charge is 0.311 e. The van der Waals surface area contributed by atoms with Crippen molar-refractivity contribution in [2.24, 2.45) is 0 Å². The second kappa shape index (κ2) is 25.1. The summed E-state index contributed by atoms with van der Waals surface area (Å²) in [6, 6.07) is 8.90. The molecular formula is C43H52O22. The number of aliphatic hydroxyl groups is 8. The molecule has 2 fully saturated rings. The van der Waals surface area contributed by atoms with Gasteiger partial charge in [0.25, 0.3) is 0 Å². The number of aliphatic hydroxyl groups excluding tert-OH is 8. The van der Waals surface area contributed by atoms with E-state index in [1.54, 1.807) is 0 Å². The summed E-state index contributed by atoms with van der Waals surface area (Å²) in [7, 11) is 2.67. The van der Waals surface area contributed by atoms with Gasteiger partial charge in [0.1, 0.15) is 62.0 Å². The van der Waals surface area contributed by atoms with Crippen molar-refractivity contribution in [2.45, 2.75) is 106 Å². The van der Waals surface area contributed by atoms with Crippen molar-refractivity contribution in [2.75, 3.05) is 27.4 Å². The van der Waals surface area contributed by atoms with Gasteiger partial charge >= 0.3 is 23.9 Å².